The van der Waals surface area contributed by atoms with Crippen molar-refractivity contribution in [2.45, 2.75) is 32.1 Å². The SMILES string of the molecule is COc1ccc(CN2CCC(C(O)CO)CC2)cc1OCc1ccccc1F. The van der Waals surface area contributed by atoms with Crippen molar-refractivity contribution >= 4 is 0 Å². The summed E-state index contributed by atoms with van der Waals surface area (Å²) in [7, 11) is 1.59. The van der Waals surface area contributed by atoms with Gasteiger partial charge in [0, 0.05) is 12.1 Å². The number of aliphatic hydroxyl groups is 2. The van der Waals surface area contributed by atoms with Crippen molar-refractivity contribution in [3.63, 3.8) is 0 Å². The van der Waals surface area contributed by atoms with Crippen LogP contribution in [0.15, 0.2) is 42.5 Å². The number of ether oxygens (including phenoxy) is 2. The van der Waals surface area contributed by atoms with E-state index in [9.17, 15) is 9.50 Å². The van der Waals surface area contributed by atoms with Crippen LogP contribution in [0, 0.1) is 11.7 Å². The first kappa shape index (κ1) is 20.6. The zero-order valence-electron chi connectivity index (χ0n) is 16.2. The maximum atomic E-state index is 13.8. The van der Waals surface area contributed by atoms with Crippen molar-refractivity contribution in [2.75, 3.05) is 26.8 Å². The predicted octanol–water partition coefficient (Wildman–Crippen LogP) is 2.98. The highest BCUT2D eigenvalue weighted by molar-refractivity contribution is 5.43. The molecule has 1 saturated heterocycles. The van der Waals surface area contributed by atoms with Crippen molar-refractivity contribution in [1.29, 1.82) is 0 Å². The van der Waals surface area contributed by atoms with Gasteiger partial charge in [-0.25, -0.2) is 4.39 Å². The number of nitrogens with zero attached hydrogens (tertiary/aromatic N) is 1. The summed E-state index contributed by atoms with van der Waals surface area (Å²) >= 11 is 0. The highest BCUT2D eigenvalue weighted by Crippen LogP contribution is 2.30. The number of methoxy groups -OCH3 is 1. The molecule has 1 atom stereocenters. The number of rotatable bonds is 8. The average Bonchev–Trinajstić information content (AvgIpc) is 2.73. The number of hydrogen-bond donors (Lipinski definition) is 2. The second-order valence-electron chi connectivity index (χ2n) is 7.23. The normalized spacial score (nSPS) is 16.7. The Balaban J connectivity index is 1.62. The van der Waals surface area contributed by atoms with E-state index < -0.39 is 6.10 Å². The van der Waals surface area contributed by atoms with E-state index in [1.54, 1.807) is 25.3 Å². The predicted molar refractivity (Wildman–Crippen MR) is 105 cm³/mol. The van der Waals surface area contributed by atoms with Crippen LogP contribution in [0.5, 0.6) is 11.5 Å². The van der Waals surface area contributed by atoms with Crippen LogP contribution in [-0.4, -0.2) is 48.0 Å². The minimum Gasteiger partial charge on any atom is -0.493 e. The van der Waals surface area contributed by atoms with Gasteiger partial charge in [0.1, 0.15) is 12.4 Å². The van der Waals surface area contributed by atoms with E-state index in [-0.39, 0.29) is 24.9 Å². The third-order valence-electron chi connectivity index (χ3n) is 5.34. The lowest BCUT2D eigenvalue weighted by Gasteiger charge is -2.33. The Morgan fingerprint density at radius 3 is 2.57 bits per heavy atom. The fourth-order valence-corrected chi connectivity index (χ4v) is 3.61. The topological polar surface area (TPSA) is 62.2 Å². The Morgan fingerprint density at radius 2 is 1.89 bits per heavy atom. The highest BCUT2D eigenvalue weighted by atomic mass is 19.1. The quantitative estimate of drug-likeness (QED) is 0.727. The molecule has 0 aromatic heterocycles. The molecule has 2 N–H and O–H groups in total. The molecular formula is C22H28FNO4. The summed E-state index contributed by atoms with van der Waals surface area (Å²) in [5.74, 6) is 1.08. The molecule has 2 aromatic rings. The first-order valence-electron chi connectivity index (χ1n) is 9.65. The maximum absolute atomic E-state index is 13.8. The molecule has 2 aromatic carbocycles. The molecule has 1 aliphatic rings. The Hall–Kier alpha value is -2.15. The van der Waals surface area contributed by atoms with Gasteiger partial charge in [-0.2, -0.15) is 0 Å². The Labute approximate surface area is 165 Å². The van der Waals surface area contributed by atoms with Gasteiger partial charge in [-0.15, -0.1) is 0 Å². The lowest BCUT2D eigenvalue weighted by molar-refractivity contribution is 0.0172. The number of likely N-dealkylation sites (tertiary alicyclic amines) is 1. The molecule has 0 spiro atoms. The minimum absolute atomic E-state index is 0.136. The standard InChI is InChI=1S/C22H28FNO4/c1-27-21-7-6-16(13-24-10-8-17(9-11-24)20(26)14-25)12-22(21)28-15-18-4-2-3-5-19(18)23/h2-7,12,17,20,25-26H,8-11,13-15H2,1H3. The number of aliphatic hydroxyl groups excluding tert-OH is 2. The van der Waals surface area contributed by atoms with Crippen LogP contribution in [0.1, 0.15) is 24.0 Å². The van der Waals surface area contributed by atoms with Gasteiger partial charge in [0.15, 0.2) is 11.5 Å². The molecule has 0 saturated carbocycles. The molecule has 0 bridgehead atoms. The van der Waals surface area contributed by atoms with Crippen LogP contribution in [0.25, 0.3) is 0 Å². The maximum Gasteiger partial charge on any atom is 0.161 e. The van der Waals surface area contributed by atoms with Gasteiger partial charge >= 0.3 is 0 Å². The van der Waals surface area contributed by atoms with E-state index in [1.807, 2.05) is 18.2 Å². The van der Waals surface area contributed by atoms with Crippen molar-refractivity contribution in [1.82, 2.24) is 4.90 Å². The van der Waals surface area contributed by atoms with Gasteiger partial charge in [-0.05, 0) is 55.6 Å². The van der Waals surface area contributed by atoms with Crippen LogP contribution >= 0.6 is 0 Å². The van der Waals surface area contributed by atoms with E-state index in [0.29, 0.717) is 17.1 Å². The monoisotopic (exact) mass is 389 g/mol. The lowest BCUT2D eigenvalue weighted by Crippen LogP contribution is -2.38. The van der Waals surface area contributed by atoms with E-state index in [0.717, 1.165) is 38.0 Å². The molecule has 28 heavy (non-hydrogen) atoms. The van der Waals surface area contributed by atoms with Crippen LogP contribution in [-0.2, 0) is 13.2 Å². The van der Waals surface area contributed by atoms with Gasteiger partial charge in [-0.3, -0.25) is 4.90 Å². The third kappa shape index (κ3) is 5.22. The number of benzene rings is 2. The summed E-state index contributed by atoms with van der Waals surface area (Å²) in [6, 6.07) is 12.4. The second-order valence-corrected chi connectivity index (χ2v) is 7.23. The molecule has 0 radical (unpaired) electrons. The van der Waals surface area contributed by atoms with E-state index in [1.165, 1.54) is 6.07 Å². The molecule has 0 aliphatic carbocycles. The summed E-state index contributed by atoms with van der Waals surface area (Å²) in [5.41, 5.74) is 1.59. The molecule has 1 aliphatic heterocycles. The first-order chi connectivity index (χ1) is 13.6. The molecule has 6 heteroatoms. The summed E-state index contributed by atoms with van der Waals surface area (Å²) in [5, 5.41) is 18.9. The van der Waals surface area contributed by atoms with E-state index in [4.69, 9.17) is 14.6 Å². The van der Waals surface area contributed by atoms with Gasteiger partial charge in [0.25, 0.3) is 0 Å². The zero-order valence-corrected chi connectivity index (χ0v) is 16.2. The van der Waals surface area contributed by atoms with Crippen molar-refractivity contribution < 1.29 is 24.1 Å². The first-order valence-corrected chi connectivity index (χ1v) is 9.65. The molecule has 5 nitrogen and oxygen atoms in total. The number of piperidine rings is 1. The average molecular weight is 389 g/mol. The van der Waals surface area contributed by atoms with Crippen molar-refractivity contribution in [3.05, 3.63) is 59.4 Å². The summed E-state index contributed by atoms with van der Waals surface area (Å²) < 4.78 is 25.0. The lowest BCUT2D eigenvalue weighted by atomic mass is 9.91. The van der Waals surface area contributed by atoms with Crippen molar-refractivity contribution in [2.24, 2.45) is 5.92 Å². The zero-order chi connectivity index (χ0) is 19.9. The Kier molecular flexibility index (Phi) is 7.25. The van der Waals surface area contributed by atoms with Crippen LogP contribution in [0.4, 0.5) is 4.39 Å². The van der Waals surface area contributed by atoms with E-state index >= 15 is 0 Å². The van der Waals surface area contributed by atoms with Gasteiger partial charge in [-0.1, -0.05) is 24.3 Å². The molecule has 1 unspecified atom stereocenters. The molecule has 1 fully saturated rings. The summed E-state index contributed by atoms with van der Waals surface area (Å²) in [6.07, 6.45) is 1.12. The van der Waals surface area contributed by atoms with Gasteiger partial charge in [0.2, 0.25) is 0 Å². The summed E-state index contributed by atoms with van der Waals surface area (Å²) in [4.78, 5) is 2.32. The molecule has 152 valence electrons. The third-order valence-corrected chi connectivity index (χ3v) is 5.34. The fraction of sp³-hybridized carbons (Fsp3) is 0.455. The second kappa shape index (κ2) is 9.87. The Morgan fingerprint density at radius 1 is 1.14 bits per heavy atom. The van der Waals surface area contributed by atoms with Crippen molar-refractivity contribution in [3.8, 4) is 11.5 Å². The summed E-state index contributed by atoms with van der Waals surface area (Å²) in [6.45, 7) is 2.48. The van der Waals surface area contributed by atoms with Crippen LogP contribution < -0.4 is 9.47 Å². The Bertz CT molecular complexity index is 762. The largest absolute Gasteiger partial charge is 0.493 e. The highest BCUT2D eigenvalue weighted by Gasteiger charge is 2.24. The number of halogens is 1. The molecule has 0 amide bonds. The minimum atomic E-state index is -0.624. The number of hydrogen-bond acceptors (Lipinski definition) is 5. The molecule has 3 rings (SSSR count). The molecule has 1 heterocycles. The van der Waals surface area contributed by atoms with Gasteiger partial charge < -0.3 is 19.7 Å². The van der Waals surface area contributed by atoms with Crippen LogP contribution in [0.3, 0.4) is 0 Å². The smallest absolute Gasteiger partial charge is 0.161 e. The molecular weight excluding hydrogens is 361 g/mol. The van der Waals surface area contributed by atoms with E-state index in [2.05, 4.69) is 4.90 Å². The van der Waals surface area contributed by atoms with Gasteiger partial charge in [0.05, 0.1) is 19.8 Å². The fourth-order valence-electron chi connectivity index (χ4n) is 3.61. The van der Waals surface area contributed by atoms with Crippen LogP contribution in [0.2, 0.25) is 0 Å².